The molecule has 4 saturated heterocycles. The molecule has 0 aromatic carbocycles. The van der Waals surface area contributed by atoms with E-state index >= 15 is 0 Å². The fourth-order valence-electron chi connectivity index (χ4n) is 14.3. The molecule has 8 rings (SSSR count). The van der Waals surface area contributed by atoms with E-state index in [1.807, 2.05) is 13.8 Å². The molecular weight excluding hydrogens is 1040 g/mol. The molecule has 0 unspecified atom stereocenters. The number of ether oxygens (including phenoxy) is 8. The van der Waals surface area contributed by atoms with Crippen molar-refractivity contribution in [3.8, 4) is 0 Å². The van der Waals surface area contributed by atoms with Crippen molar-refractivity contribution in [3.05, 3.63) is 11.6 Å². The summed E-state index contributed by atoms with van der Waals surface area (Å²) in [6, 6.07) is 0. The Balaban J connectivity index is 0.00000840. The molecule has 28 atom stereocenters. The summed E-state index contributed by atoms with van der Waals surface area (Å²) < 4.78 is 89.4. The van der Waals surface area contributed by atoms with Crippen molar-refractivity contribution in [2.45, 2.75) is 241 Å². The van der Waals surface area contributed by atoms with Crippen LogP contribution >= 0.6 is 0 Å². The number of hydrogen-bond donors (Lipinski definition) is 11. The van der Waals surface area contributed by atoms with Gasteiger partial charge in [0, 0.05) is 12.8 Å². The van der Waals surface area contributed by atoms with Crippen LogP contribution in [-0.2, 0) is 57.3 Å². The van der Waals surface area contributed by atoms with Crippen molar-refractivity contribution in [2.24, 2.45) is 40.4 Å². The van der Waals surface area contributed by atoms with E-state index in [4.69, 9.17) is 42.1 Å². The van der Waals surface area contributed by atoms with E-state index in [1.54, 1.807) is 6.92 Å². The van der Waals surface area contributed by atoms with Gasteiger partial charge in [0.2, 0.25) is 10.4 Å². The smallest absolute Gasteiger partial charge is 0.726 e. The topological polar surface area (TPSA) is 380 Å². The Hall–Kier alpha value is -0.480. The number of aliphatic hydroxyl groups is 11. The molecule has 432 valence electrons. The molecule has 4 heterocycles. The van der Waals surface area contributed by atoms with E-state index < -0.39 is 175 Å². The van der Waals surface area contributed by atoms with Gasteiger partial charge in [0.25, 0.3) is 0 Å². The Bertz CT molecular complexity index is 2120. The molecule has 0 bridgehead atoms. The van der Waals surface area contributed by atoms with Crippen LogP contribution in [0.1, 0.15) is 106 Å². The molecule has 76 heavy (non-hydrogen) atoms. The zero-order valence-corrected chi connectivity index (χ0v) is 47.3. The zero-order chi connectivity index (χ0) is 55.0. The Morgan fingerprint density at radius 3 is 1.97 bits per heavy atom. The Morgan fingerprint density at radius 1 is 0.750 bits per heavy atom. The van der Waals surface area contributed by atoms with Gasteiger partial charge >= 0.3 is 29.6 Å². The van der Waals surface area contributed by atoms with E-state index in [0.717, 1.165) is 12.0 Å². The van der Waals surface area contributed by atoms with Crippen LogP contribution in [-0.4, -0.2) is 223 Å². The predicted octanol–water partition coefficient (Wildman–Crippen LogP) is -4.87. The zero-order valence-electron chi connectivity index (χ0n) is 44.5. The quantitative estimate of drug-likeness (QED) is 0.0299. The molecule has 0 aromatic rings. The van der Waals surface area contributed by atoms with E-state index in [0.29, 0.717) is 32.1 Å². The van der Waals surface area contributed by atoms with Crippen molar-refractivity contribution in [1.82, 2.24) is 0 Å². The Labute approximate surface area is 465 Å². The van der Waals surface area contributed by atoms with Crippen molar-refractivity contribution >= 4 is 16.2 Å². The van der Waals surface area contributed by atoms with Crippen LogP contribution < -0.4 is 29.6 Å². The van der Waals surface area contributed by atoms with E-state index in [1.165, 1.54) is 13.8 Å². The van der Waals surface area contributed by atoms with E-state index in [9.17, 15) is 73.9 Å². The summed E-state index contributed by atoms with van der Waals surface area (Å²) in [6.07, 6.45) is -27.5. The first kappa shape index (κ1) is 63.1. The van der Waals surface area contributed by atoms with Gasteiger partial charge in [-0.25, -0.2) is 8.42 Å². The van der Waals surface area contributed by atoms with Crippen molar-refractivity contribution in [3.63, 3.8) is 0 Å². The fraction of sp³-hybridized carbons (Fsp3) is 0.940. The van der Waals surface area contributed by atoms with Crippen LogP contribution in [0.5, 0.6) is 0 Å². The van der Waals surface area contributed by atoms with Crippen LogP contribution in [0.3, 0.4) is 0 Å². The van der Waals surface area contributed by atoms with Gasteiger partial charge in [0.05, 0.1) is 43.2 Å². The van der Waals surface area contributed by atoms with Gasteiger partial charge in [-0.1, -0.05) is 39.3 Å². The SMILES string of the molecule is CC(C)CC(=O)C[C@](C)(O)[C@H]1CC[C@H]2[C@@H]3C[C@H](O[C@@H]4O[C@H](C)[C@@H](O)[C@H](O[C@@H]5OC[C@@H](O[C@@H]6O[C@H](CO)[C@H](O)[C@H](O)[C@H]6O)[C@H](O)[C@H]5O[C@@H]5O[C@H](C)[C@@H](O)[C@H](O)[C@H]5O)[C@H]4O)[C@H]4C[C@@H](OS(=O)(=O)[O-])CC[C@]4(C)C3=CC[C@@]21C.[Na+]. The van der Waals surface area contributed by atoms with Crippen LogP contribution in [0, 0.1) is 40.4 Å². The number of Topliss-reactive ketones (excluding diaryl/α,β-unsaturated/α-hetero) is 1. The largest absolute Gasteiger partial charge is 1.00 e. The summed E-state index contributed by atoms with van der Waals surface area (Å²) in [7, 11) is -5.10. The van der Waals surface area contributed by atoms with Gasteiger partial charge in [-0.05, 0) is 106 Å². The first-order chi connectivity index (χ1) is 35.0. The molecule has 26 heteroatoms. The van der Waals surface area contributed by atoms with Crippen molar-refractivity contribution in [2.75, 3.05) is 13.2 Å². The molecule has 0 amide bonds. The first-order valence-corrected chi connectivity index (χ1v) is 27.8. The second kappa shape index (κ2) is 24.4. The molecule has 0 spiro atoms. The van der Waals surface area contributed by atoms with Gasteiger partial charge in [-0.15, -0.1) is 0 Å². The predicted molar refractivity (Wildman–Crippen MR) is 253 cm³/mol. The minimum Gasteiger partial charge on any atom is -0.726 e. The molecule has 4 aliphatic heterocycles. The van der Waals surface area contributed by atoms with Crippen LogP contribution in [0.2, 0.25) is 0 Å². The van der Waals surface area contributed by atoms with E-state index in [-0.39, 0.29) is 78.3 Å². The summed E-state index contributed by atoms with van der Waals surface area (Å²) >= 11 is 0. The van der Waals surface area contributed by atoms with Gasteiger partial charge < -0.3 is 98.6 Å². The van der Waals surface area contributed by atoms with Crippen molar-refractivity contribution in [1.29, 1.82) is 0 Å². The van der Waals surface area contributed by atoms with Gasteiger partial charge in [0.1, 0.15) is 85.1 Å². The number of ketones is 1. The molecule has 3 saturated carbocycles. The number of rotatable bonds is 16. The Kier molecular flexibility index (Phi) is 20.2. The molecule has 8 aliphatic rings. The standard InChI is InChI=1S/C50H82O24S.Na/c1-20(2)14-23(52)17-50(7,62)32-9-8-26-25-16-29(28-15-24(74-75(63,64)65)10-12-48(28,5)27(25)11-13-49(26,32)6)69-46-41(61)42(34(54)22(4)68-46)72-47-43(73-44-39(59)37(57)33(53)21(3)67-44)36(56)31(19-66-47)71-45-40(60)38(58)35(55)30(18-51)70-45;/h11,20-22,24-26,28-47,51,53-62H,8-10,12-19H2,1-7H3,(H,63,64,65);/q;+1/p-1/t21-,22-,24+,25+,26+,28-,29+,30-,31-,32+,33-,34-,35+,36+,37+,38+,39-,40-,41-,42+,43-,44+,45+,46+,47+,48-,49+,50+;/m1./s1. The molecule has 0 radical (unpaired) electrons. The normalized spacial score (nSPS) is 49.6. The van der Waals surface area contributed by atoms with Crippen LogP contribution in [0.15, 0.2) is 11.6 Å². The molecule has 0 aromatic heterocycles. The number of carbonyl (C=O) groups excluding carboxylic acids is 1. The maximum atomic E-state index is 13.1. The number of hydrogen-bond acceptors (Lipinski definition) is 24. The molecular formula is C50H81NaO24S. The number of fused-ring (bicyclic) bond motifs is 5. The third-order valence-corrected chi connectivity index (χ3v) is 18.7. The number of carbonyl (C=O) groups is 1. The van der Waals surface area contributed by atoms with Crippen molar-refractivity contribution < 1.29 is 146 Å². The second-order valence-corrected chi connectivity index (χ2v) is 24.9. The summed E-state index contributed by atoms with van der Waals surface area (Å²) in [5.41, 5.74) is -1.20. The third kappa shape index (κ3) is 12.6. The fourth-order valence-corrected chi connectivity index (χ4v) is 14.9. The molecule has 4 aliphatic carbocycles. The summed E-state index contributed by atoms with van der Waals surface area (Å²) in [5, 5.41) is 121. The van der Waals surface area contributed by atoms with Crippen LogP contribution in [0.25, 0.3) is 0 Å². The summed E-state index contributed by atoms with van der Waals surface area (Å²) in [6.45, 7) is 11.4. The minimum absolute atomic E-state index is 0. The third-order valence-electron chi connectivity index (χ3n) is 18.2. The summed E-state index contributed by atoms with van der Waals surface area (Å²) in [4.78, 5) is 13.1. The van der Waals surface area contributed by atoms with E-state index in [2.05, 4.69) is 19.9 Å². The Morgan fingerprint density at radius 2 is 1.34 bits per heavy atom. The second-order valence-electron chi connectivity index (χ2n) is 23.9. The van der Waals surface area contributed by atoms with Crippen LogP contribution in [0.4, 0.5) is 0 Å². The first-order valence-electron chi connectivity index (χ1n) is 26.5. The number of aliphatic hydroxyl groups excluding tert-OH is 10. The maximum Gasteiger partial charge on any atom is 1.00 e. The van der Waals surface area contributed by atoms with Gasteiger partial charge in [-0.2, -0.15) is 0 Å². The number of allylic oxidation sites excluding steroid dienone is 2. The molecule has 24 nitrogen and oxygen atoms in total. The average Bonchev–Trinajstić information content (AvgIpc) is 3.70. The molecule has 7 fully saturated rings. The minimum atomic E-state index is -5.10. The van der Waals surface area contributed by atoms with Gasteiger partial charge in [-0.3, -0.25) is 8.98 Å². The maximum absolute atomic E-state index is 13.1. The average molecular weight is 1120 g/mol. The monoisotopic (exact) mass is 1120 g/mol. The summed E-state index contributed by atoms with van der Waals surface area (Å²) in [5.74, 6) is -0.703. The molecule has 11 N–H and O–H groups in total. The van der Waals surface area contributed by atoms with Gasteiger partial charge in [0.15, 0.2) is 25.2 Å².